The van der Waals surface area contributed by atoms with Gasteiger partial charge in [-0.2, -0.15) is 0 Å². The number of nitrogens with zero attached hydrogens (tertiary/aromatic N) is 3. The molecule has 2 rings (SSSR count). The van der Waals surface area contributed by atoms with Crippen LogP contribution in [-0.4, -0.2) is 29.2 Å². The molecule has 0 aliphatic rings. The van der Waals surface area contributed by atoms with E-state index in [1.165, 1.54) is 0 Å². The normalized spacial score (nSPS) is 10.0. The Morgan fingerprint density at radius 3 is 2.27 bits per heavy atom. The molecule has 15 heavy (non-hydrogen) atoms. The van der Waals surface area contributed by atoms with Crippen molar-refractivity contribution in [3.63, 3.8) is 0 Å². The van der Waals surface area contributed by atoms with Crippen LogP contribution in [0.3, 0.4) is 0 Å². The van der Waals surface area contributed by atoms with Crippen molar-refractivity contribution in [1.82, 2.24) is 15.0 Å². The van der Waals surface area contributed by atoms with E-state index >= 15 is 0 Å². The van der Waals surface area contributed by atoms with E-state index < -0.39 is 0 Å². The van der Waals surface area contributed by atoms with Gasteiger partial charge in [-0.1, -0.05) is 5.21 Å². The van der Waals surface area contributed by atoms with E-state index in [9.17, 15) is 0 Å². The van der Waals surface area contributed by atoms with Gasteiger partial charge in [0.1, 0.15) is 17.7 Å². The summed E-state index contributed by atoms with van der Waals surface area (Å²) >= 11 is 0. The lowest BCUT2D eigenvalue weighted by Gasteiger charge is -2.07. The molecule has 0 saturated carbocycles. The Morgan fingerprint density at radius 1 is 1.13 bits per heavy atom. The van der Waals surface area contributed by atoms with Crippen molar-refractivity contribution in [2.45, 2.75) is 0 Å². The van der Waals surface area contributed by atoms with Crippen molar-refractivity contribution in [2.75, 3.05) is 14.2 Å². The molecule has 5 nitrogen and oxygen atoms in total. The van der Waals surface area contributed by atoms with Gasteiger partial charge in [0.2, 0.25) is 0 Å². The van der Waals surface area contributed by atoms with Gasteiger partial charge in [-0.25, -0.2) is 4.68 Å². The van der Waals surface area contributed by atoms with Gasteiger partial charge < -0.3 is 9.47 Å². The molecule has 1 aromatic carbocycles. The topological polar surface area (TPSA) is 49.2 Å². The van der Waals surface area contributed by atoms with Crippen LogP contribution in [0.5, 0.6) is 11.5 Å². The van der Waals surface area contributed by atoms with Crippen LogP contribution >= 0.6 is 0 Å². The summed E-state index contributed by atoms with van der Waals surface area (Å²) < 4.78 is 11.9. The molecule has 0 fully saturated rings. The molecule has 0 N–H and O–H groups in total. The SMILES string of the molecule is COc1cc(OC)cc(-n2c[c]nn2)c1. The Hall–Kier alpha value is -2.04. The molecule has 0 amide bonds. The molecule has 0 saturated heterocycles. The predicted octanol–water partition coefficient (Wildman–Crippen LogP) is 1.08. The van der Waals surface area contributed by atoms with Gasteiger partial charge in [-0.3, -0.25) is 0 Å². The van der Waals surface area contributed by atoms with Crippen molar-refractivity contribution in [2.24, 2.45) is 0 Å². The first-order valence-electron chi connectivity index (χ1n) is 4.35. The molecule has 2 aromatic rings. The number of hydrogen-bond acceptors (Lipinski definition) is 4. The third-order valence-electron chi connectivity index (χ3n) is 1.98. The fourth-order valence-electron chi connectivity index (χ4n) is 1.23. The Bertz CT molecular complexity index is 418. The van der Waals surface area contributed by atoms with Gasteiger partial charge in [-0.15, -0.1) is 5.10 Å². The summed E-state index contributed by atoms with van der Waals surface area (Å²) in [6, 6.07) is 5.47. The summed E-state index contributed by atoms with van der Waals surface area (Å²) in [7, 11) is 3.21. The first-order chi connectivity index (χ1) is 7.33. The molecule has 0 bridgehead atoms. The van der Waals surface area contributed by atoms with E-state index in [0.717, 1.165) is 5.69 Å². The number of rotatable bonds is 3. The lowest BCUT2D eigenvalue weighted by atomic mass is 10.3. The third kappa shape index (κ3) is 1.90. The molecule has 0 aliphatic carbocycles. The van der Waals surface area contributed by atoms with E-state index in [4.69, 9.17) is 9.47 Å². The maximum absolute atomic E-state index is 5.14. The highest BCUT2D eigenvalue weighted by Gasteiger charge is 2.03. The quantitative estimate of drug-likeness (QED) is 0.750. The standard InChI is InChI=1S/C10H10N3O2/c1-14-9-5-8(6-10(7-9)15-2)13-4-3-11-12-13/h4-7H,1-2H3. The maximum atomic E-state index is 5.14. The number of ether oxygens (including phenoxy) is 2. The van der Waals surface area contributed by atoms with Crippen molar-refractivity contribution < 1.29 is 9.47 Å². The molecule has 0 aliphatic heterocycles. The zero-order valence-corrected chi connectivity index (χ0v) is 8.47. The Labute approximate surface area is 87.2 Å². The predicted molar refractivity (Wildman–Crippen MR) is 53.3 cm³/mol. The van der Waals surface area contributed by atoms with E-state index in [1.54, 1.807) is 31.2 Å². The second kappa shape index (κ2) is 4.00. The molecule has 77 valence electrons. The minimum atomic E-state index is 0.708. The second-order valence-electron chi connectivity index (χ2n) is 2.86. The average molecular weight is 204 g/mol. The number of aromatic nitrogens is 3. The van der Waals surface area contributed by atoms with Gasteiger partial charge in [0.15, 0.2) is 0 Å². The van der Waals surface area contributed by atoms with E-state index in [2.05, 4.69) is 16.5 Å². The first kappa shape index (κ1) is 9.51. The molecular weight excluding hydrogens is 194 g/mol. The molecule has 1 radical (unpaired) electrons. The first-order valence-corrected chi connectivity index (χ1v) is 4.35. The Kier molecular flexibility index (Phi) is 2.53. The maximum Gasteiger partial charge on any atom is 0.135 e. The van der Waals surface area contributed by atoms with Crippen LogP contribution in [0.25, 0.3) is 5.69 Å². The summed E-state index contributed by atoms with van der Waals surface area (Å²) in [6.45, 7) is 0. The van der Waals surface area contributed by atoms with Crippen molar-refractivity contribution in [3.05, 3.63) is 30.6 Å². The van der Waals surface area contributed by atoms with Crippen molar-refractivity contribution >= 4 is 0 Å². The van der Waals surface area contributed by atoms with Crippen LogP contribution in [0.4, 0.5) is 0 Å². The molecular formula is C10H10N3O2. The Balaban J connectivity index is 2.47. The lowest BCUT2D eigenvalue weighted by molar-refractivity contribution is 0.394. The van der Waals surface area contributed by atoms with Crippen molar-refractivity contribution in [3.8, 4) is 17.2 Å². The van der Waals surface area contributed by atoms with Gasteiger partial charge >= 0.3 is 0 Å². The van der Waals surface area contributed by atoms with Gasteiger partial charge in [0, 0.05) is 18.2 Å². The summed E-state index contributed by atoms with van der Waals surface area (Å²) in [5.41, 5.74) is 0.819. The van der Waals surface area contributed by atoms with Crippen LogP contribution in [0.1, 0.15) is 0 Å². The highest BCUT2D eigenvalue weighted by Crippen LogP contribution is 2.24. The molecule has 0 spiro atoms. The van der Waals surface area contributed by atoms with Crippen LogP contribution in [0.2, 0.25) is 0 Å². The second-order valence-corrected chi connectivity index (χ2v) is 2.86. The zero-order valence-electron chi connectivity index (χ0n) is 8.47. The van der Waals surface area contributed by atoms with E-state index in [1.807, 2.05) is 12.1 Å². The van der Waals surface area contributed by atoms with Gasteiger partial charge in [0.25, 0.3) is 0 Å². The minimum absolute atomic E-state index is 0.708. The summed E-state index contributed by atoms with van der Waals surface area (Å²) in [5.74, 6) is 1.42. The summed E-state index contributed by atoms with van der Waals surface area (Å²) in [5, 5.41) is 7.45. The monoisotopic (exact) mass is 204 g/mol. The largest absolute Gasteiger partial charge is 0.497 e. The van der Waals surface area contributed by atoms with Crippen LogP contribution < -0.4 is 9.47 Å². The molecule has 1 aromatic heterocycles. The highest BCUT2D eigenvalue weighted by atomic mass is 16.5. The highest BCUT2D eigenvalue weighted by molar-refractivity contribution is 5.45. The van der Waals surface area contributed by atoms with Gasteiger partial charge in [-0.05, 0) is 0 Å². The summed E-state index contributed by atoms with van der Waals surface area (Å²) in [6.07, 6.45) is 4.26. The molecule has 5 heteroatoms. The molecule has 0 unspecified atom stereocenters. The van der Waals surface area contributed by atoms with Crippen LogP contribution in [-0.2, 0) is 0 Å². The van der Waals surface area contributed by atoms with Crippen LogP contribution in [0.15, 0.2) is 24.4 Å². The van der Waals surface area contributed by atoms with Gasteiger partial charge in [0.05, 0.1) is 26.1 Å². The number of hydrogen-bond donors (Lipinski definition) is 0. The minimum Gasteiger partial charge on any atom is -0.497 e. The van der Waals surface area contributed by atoms with Crippen LogP contribution in [0, 0.1) is 6.20 Å². The van der Waals surface area contributed by atoms with E-state index in [0.29, 0.717) is 11.5 Å². The zero-order chi connectivity index (χ0) is 10.7. The molecule has 0 atom stereocenters. The molecule has 1 heterocycles. The fourth-order valence-corrected chi connectivity index (χ4v) is 1.23. The third-order valence-corrected chi connectivity index (χ3v) is 1.98. The fraction of sp³-hybridized carbons (Fsp3) is 0.200. The number of benzene rings is 1. The Morgan fingerprint density at radius 2 is 1.80 bits per heavy atom. The smallest absolute Gasteiger partial charge is 0.135 e. The lowest BCUT2D eigenvalue weighted by Crippen LogP contribution is -1.97. The van der Waals surface area contributed by atoms with E-state index in [-0.39, 0.29) is 0 Å². The van der Waals surface area contributed by atoms with Crippen molar-refractivity contribution in [1.29, 1.82) is 0 Å². The average Bonchev–Trinajstić information content (AvgIpc) is 2.81. The number of methoxy groups -OCH3 is 2. The summed E-state index contributed by atoms with van der Waals surface area (Å²) in [4.78, 5) is 0.